The van der Waals surface area contributed by atoms with Crippen molar-refractivity contribution >= 4 is 34.8 Å². The normalized spacial score (nSPS) is 21.1. The number of amides is 2. The van der Waals surface area contributed by atoms with Crippen LogP contribution in [0, 0.1) is 5.92 Å². The third-order valence-electron chi connectivity index (χ3n) is 8.09. The van der Waals surface area contributed by atoms with E-state index in [2.05, 4.69) is 32.2 Å². The Morgan fingerprint density at radius 2 is 1.65 bits per heavy atom. The van der Waals surface area contributed by atoms with E-state index in [9.17, 15) is 9.59 Å². The van der Waals surface area contributed by atoms with Crippen molar-refractivity contribution in [3.05, 3.63) is 60.8 Å². The van der Waals surface area contributed by atoms with E-state index in [1.807, 2.05) is 47.4 Å². The van der Waals surface area contributed by atoms with E-state index in [-0.39, 0.29) is 23.8 Å². The molecule has 2 amide bonds. The molecule has 0 saturated carbocycles. The number of ether oxygens (including phenoxy) is 1. The highest BCUT2D eigenvalue weighted by molar-refractivity contribution is 5.84. The molecule has 4 heterocycles. The van der Waals surface area contributed by atoms with Gasteiger partial charge in [-0.15, -0.1) is 0 Å². The van der Waals surface area contributed by atoms with Crippen LogP contribution >= 0.6 is 0 Å². The Balaban J connectivity index is 1.06. The summed E-state index contributed by atoms with van der Waals surface area (Å²) in [5.41, 5.74) is 10.4. The summed E-state index contributed by atoms with van der Waals surface area (Å²) in [5.74, 6) is 0.512. The number of nitrogens with two attached hydrogens (primary N) is 1. The maximum Gasteiger partial charge on any atom is 0.240 e. The van der Waals surface area contributed by atoms with Crippen LogP contribution in [0.4, 0.5) is 23.0 Å². The summed E-state index contributed by atoms with van der Waals surface area (Å²) in [6.07, 6.45) is 4.34. The van der Waals surface area contributed by atoms with E-state index in [1.54, 1.807) is 6.20 Å². The lowest BCUT2D eigenvalue weighted by molar-refractivity contribution is -0.135. The van der Waals surface area contributed by atoms with Crippen molar-refractivity contribution in [1.82, 2.24) is 14.9 Å². The minimum absolute atomic E-state index is 0.0305. The molecule has 3 fully saturated rings. The highest BCUT2D eigenvalue weighted by atomic mass is 16.5. The molecule has 2 atom stereocenters. The lowest BCUT2D eigenvalue weighted by atomic mass is 10.1. The predicted molar refractivity (Wildman–Crippen MR) is 154 cm³/mol. The summed E-state index contributed by atoms with van der Waals surface area (Å²) in [6.45, 7) is 5.19. The zero-order valence-corrected chi connectivity index (χ0v) is 22.5. The number of nitrogens with zero attached hydrogens (tertiary/aromatic N) is 5. The van der Waals surface area contributed by atoms with Crippen LogP contribution in [-0.2, 0) is 14.3 Å². The molecule has 3 saturated heterocycles. The third-order valence-corrected chi connectivity index (χ3v) is 8.09. The largest absolute Gasteiger partial charge is 0.381 e. The Hall–Kier alpha value is -4.18. The number of carbonyl (C=O) groups is 2. The molecular weight excluding hydrogens is 506 g/mol. The monoisotopic (exact) mass is 541 g/mol. The van der Waals surface area contributed by atoms with Crippen molar-refractivity contribution in [3.63, 3.8) is 0 Å². The minimum Gasteiger partial charge on any atom is -0.381 e. The molecule has 3 N–H and O–H groups in total. The van der Waals surface area contributed by atoms with Crippen LogP contribution < -0.4 is 20.9 Å². The van der Waals surface area contributed by atoms with Crippen LogP contribution in [0.15, 0.2) is 60.8 Å². The number of rotatable bonds is 7. The Kier molecular flexibility index (Phi) is 7.50. The SMILES string of the molecule is NC(=O)[C@H]1CCCN1c1ccc(-c2ccnc(Nc3ccc(N4CCN(C(=O)C5CCOC5)CC4)cc3)n2)cc1. The van der Waals surface area contributed by atoms with E-state index in [0.29, 0.717) is 19.2 Å². The number of hydrogen-bond acceptors (Lipinski definition) is 8. The van der Waals surface area contributed by atoms with Gasteiger partial charge in [0.15, 0.2) is 0 Å². The minimum atomic E-state index is -0.273. The second kappa shape index (κ2) is 11.5. The summed E-state index contributed by atoms with van der Waals surface area (Å²) in [7, 11) is 0. The number of hydrogen-bond donors (Lipinski definition) is 2. The van der Waals surface area contributed by atoms with Gasteiger partial charge in [-0.3, -0.25) is 9.59 Å². The topological polar surface area (TPSA) is 117 Å². The molecule has 0 bridgehead atoms. The van der Waals surface area contributed by atoms with E-state index < -0.39 is 0 Å². The summed E-state index contributed by atoms with van der Waals surface area (Å²) in [6, 6.07) is 17.9. The fourth-order valence-electron chi connectivity index (χ4n) is 5.83. The Labute approximate surface area is 234 Å². The molecule has 1 unspecified atom stereocenters. The summed E-state index contributed by atoms with van der Waals surface area (Å²) < 4.78 is 5.39. The zero-order chi connectivity index (χ0) is 27.5. The van der Waals surface area contributed by atoms with E-state index in [0.717, 1.165) is 80.3 Å². The van der Waals surface area contributed by atoms with Crippen LogP contribution in [0.25, 0.3) is 11.3 Å². The molecule has 0 spiro atoms. The number of aromatic nitrogens is 2. The third kappa shape index (κ3) is 5.58. The second-order valence-electron chi connectivity index (χ2n) is 10.6. The number of benzene rings is 2. The van der Waals surface area contributed by atoms with Crippen LogP contribution in [-0.4, -0.2) is 78.7 Å². The predicted octanol–water partition coefficient (Wildman–Crippen LogP) is 3.03. The van der Waals surface area contributed by atoms with Gasteiger partial charge >= 0.3 is 0 Å². The first-order valence-electron chi connectivity index (χ1n) is 14.0. The summed E-state index contributed by atoms with van der Waals surface area (Å²) in [5, 5.41) is 3.31. The Bertz CT molecular complexity index is 1330. The molecule has 6 rings (SSSR count). The maximum absolute atomic E-state index is 12.7. The fourth-order valence-corrected chi connectivity index (χ4v) is 5.83. The average molecular weight is 542 g/mol. The van der Waals surface area contributed by atoms with E-state index in [4.69, 9.17) is 15.5 Å². The zero-order valence-electron chi connectivity index (χ0n) is 22.5. The van der Waals surface area contributed by atoms with Crippen LogP contribution in [0.5, 0.6) is 0 Å². The lowest BCUT2D eigenvalue weighted by Gasteiger charge is -2.37. The molecule has 208 valence electrons. The number of carbonyl (C=O) groups excluding carboxylic acids is 2. The van der Waals surface area contributed by atoms with Gasteiger partial charge in [-0.1, -0.05) is 12.1 Å². The van der Waals surface area contributed by atoms with Crippen molar-refractivity contribution < 1.29 is 14.3 Å². The Morgan fingerprint density at radius 3 is 2.35 bits per heavy atom. The van der Waals surface area contributed by atoms with Crippen LogP contribution in [0.2, 0.25) is 0 Å². The fraction of sp³-hybridized carbons (Fsp3) is 0.400. The van der Waals surface area contributed by atoms with Crippen molar-refractivity contribution in [2.45, 2.75) is 25.3 Å². The van der Waals surface area contributed by atoms with Gasteiger partial charge in [0.2, 0.25) is 17.8 Å². The number of piperazine rings is 1. The standard InChI is InChI=1S/C30H35N7O3/c31-28(38)27-2-1-14-37(27)25-7-3-21(4-8-25)26-11-13-32-30(34-26)33-23-5-9-24(10-6-23)35-15-17-36(18-16-35)29(39)22-12-19-40-20-22/h3-11,13,22,27H,1-2,12,14-20H2,(H2,31,38)(H,32,33,34)/t22?,27-/m1/s1. The molecule has 1 aromatic heterocycles. The first kappa shape index (κ1) is 26.1. The van der Waals surface area contributed by atoms with E-state index >= 15 is 0 Å². The highest BCUT2D eigenvalue weighted by Gasteiger charge is 2.30. The van der Waals surface area contributed by atoms with Gasteiger partial charge in [0.1, 0.15) is 6.04 Å². The highest BCUT2D eigenvalue weighted by Crippen LogP contribution is 2.29. The summed E-state index contributed by atoms with van der Waals surface area (Å²) in [4.78, 5) is 39.9. The Morgan fingerprint density at radius 1 is 0.900 bits per heavy atom. The van der Waals surface area contributed by atoms with Gasteiger partial charge in [0.05, 0.1) is 18.2 Å². The molecule has 0 radical (unpaired) electrons. The van der Waals surface area contributed by atoms with Gasteiger partial charge in [-0.05, 0) is 61.7 Å². The van der Waals surface area contributed by atoms with Crippen LogP contribution in [0.1, 0.15) is 19.3 Å². The average Bonchev–Trinajstić information content (AvgIpc) is 3.71. The quantitative estimate of drug-likeness (QED) is 0.469. The molecule has 0 aliphatic carbocycles. The van der Waals surface area contributed by atoms with Gasteiger partial charge in [-0.2, -0.15) is 0 Å². The van der Waals surface area contributed by atoms with Crippen molar-refractivity contribution in [2.75, 3.05) is 61.1 Å². The molecule has 3 aromatic rings. The van der Waals surface area contributed by atoms with E-state index in [1.165, 1.54) is 0 Å². The summed E-state index contributed by atoms with van der Waals surface area (Å²) >= 11 is 0. The smallest absolute Gasteiger partial charge is 0.240 e. The maximum atomic E-state index is 12.7. The van der Waals surface area contributed by atoms with Gasteiger partial charge in [0.25, 0.3) is 0 Å². The van der Waals surface area contributed by atoms with Crippen molar-refractivity contribution in [3.8, 4) is 11.3 Å². The first-order valence-corrected chi connectivity index (χ1v) is 14.0. The number of primary amides is 1. The number of nitrogens with one attached hydrogen (secondary N) is 1. The molecule has 10 nitrogen and oxygen atoms in total. The molecule has 10 heteroatoms. The first-order chi connectivity index (χ1) is 19.5. The van der Waals surface area contributed by atoms with Gasteiger partial charge in [-0.25, -0.2) is 9.97 Å². The number of anilines is 4. The van der Waals surface area contributed by atoms with Gasteiger partial charge in [0, 0.05) is 68.2 Å². The lowest BCUT2D eigenvalue weighted by Crippen LogP contribution is -2.50. The van der Waals surface area contributed by atoms with Crippen molar-refractivity contribution in [1.29, 1.82) is 0 Å². The molecule has 40 heavy (non-hydrogen) atoms. The molecule has 3 aliphatic rings. The molecule has 2 aromatic carbocycles. The van der Waals surface area contributed by atoms with Crippen molar-refractivity contribution in [2.24, 2.45) is 11.7 Å². The van der Waals surface area contributed by atoms with Crippen LogP contribution in [0.3, 0.4) is 0 Å². The van der Waals surface area contributed by atoms with Gasteiger partial charge < -0.3 is 30.5 Å². The molecular formula is C30H35N7O3. The molecule has 3 aliphatic heterocycles. The second-order valence-corrected chi connectivity index (χ2v) is 10.6.